The molecule has 3 rings (SSSR count). The fourth-order valence-corrected chi connectivity index (χ4v) is 4.32. The van der Waals surface area contributed by atoms with Gasteiger partial charge in [0.2, 0.25) is 5.91 Å². The molecular weight excluding hydrogens is 284 g/mol. The van der Waals surface area contributed by atoms with Crippen LogP contribution in [0.25, 0.3) is 0 Å². The summed E-state index contributed by atoms with van der Waals surface area (Å²) in [5, 5.41) is 0.705. The molecule has 1 aromatic carbocycles. The van der Waals surface area contributed by atoms with E-state index in [4.69, 9.17) is 17.3 Å². The van der Waals surface area contributed by atoms with E-state index in [2.05, 4.69) is 0 Å². The van der Waals surface area contributed by atoms with E-state index in [1.165, 1.54) is 6.42 Å². The Morgan fingerprint density at radius 2 is 2.10 bits per heavy atom. The van der Waals surface area contributed by atoms with Crippen LogP contribution in [-0.2, 0) is 4.79 Å². The van der Waals surface area contributed by atoms with E-state index in [-0.39, 0.29) is 23.9 Å². The number of amides is 1. The average molecular weight is 307 g/mol. The third kappa shape index (κ3) is 2.58. The number of carbonyl (C=O) groups is 1. The Morgan fingerprint density at radius 3 is 2.71 bits per heavy atom. The molecular formula is C17H23ClN2O. The number of rotatable bonds is 3. The quantitative estimate of drug-likeness (QED) is 0.932. The molecule has 2 aliphatic rings. The number of nitrogens with zero attached hydrogens (tertiary/aromatic N) is 1. The van der Waals surface area contributed by atoms with Crippen molar-refractivity contribution >= 4 is 17.5 Å². The third-order valence-corrected chi connectivity index (χ3v) is 5.76. The summed E-state index contributed by atoms with van der Waals surface area (Å²) in [7, 11) is 1.88. The van der Waals surface area contributed by atoms with Gasteiger partial charge in [-0.3, -0.25) is 4.79 Å². The molecule has 0 saturated heterocycles. The highest BCUT2D eigenvalue weighted by Gasteiger charge is 2.50. The standard InChI is InChI=1S/C17H23ClN2O/c1-10(11-4-3-5-14(18)9-11)20(2)17(21)15-12-6-7-13(8-12)16(15)19/h3-5,9-10,12-13,15-16H,6-8,19H2,1-2H3. The minimum atomic E-state index is 0.00961. The van der Waals surface area contributed by atoms with Crippen LogP contribution in [0.15, 0.2) is 24.3 Å². The van der Waals surface area contributed by atoms with Crippen molar-refractivity contribution in [1.29, 1.82) is 0 Å². The summed E-state index contributed by atoms with van der Waals surface area (Å²) in [5.41, 5.74) is 7.36. The van der Waals surface area contributed by atoms with Crippen LogP contribution in [-0.4, -0.2) is 23.9 Å². The monoisotopic (exact) mass is 306 g/mol. The molecule has 5 atom stereocenters. The van der Waals surface area contributed by atoms with Crippen LogP contribution in [0.5, 0.6) is 0 Å². The highest BCUT2D eigenvalue weighted by Crippen LogP contribution is 2.48. The smallest absolute Gasteiger partial charge is 0.227 e. The number of carbonyl (C=O) groups excluding carboxylic acids is 1. The molecule has 21 heavy (non-hydrogen) atoms. The summed E-state index contributed by atoms with van der Waals surface area (Å²) in [4.78, 5) is 14.7. The van der Waals surface area contributed by atoms with E-state index >= 15 is 0 Å². The molecule has 2 saturated carbocycles. The minimum absolute atomic E-state index is 0.00961. The van der Waals surface area contributed by atoms with Crippen LogP contribution in [0, 0.1) is 17.8 Å². The number of hydrogen-bond donors (Lipinski definition) is 1. The lowest BCUT2D eigenvalue weighted by atomic mass is 9.83. The molecule has 2 aliphatic carbocycles. The summed E-state index contributed by atoms with van der Waals surface area (Å²) in [6.45, 7) is 2.04. The molecule has 114 valence electrons. The van der Waals surface area contributed by atoms with Crippen molar-refractivity contribution in [3.05, 3.63) is 34.9 Å². The molecule has 0 heterocycles. The Kier molecular flexibility index (Phi) is 3.98. The predicted molar refractivity (Wildman–Crippen MR) is 84.9 cm³/mol. The predicted octanol–water partition coefficient (Wildman–Crippen LogP) is 3.23. The van der Waals surface area contributed by atoms with E-state index in [0.29, 0.717) is 16.9 Å². The van der Waals surface area contributed by atoms with Crippen molar-refractivity contribution in [3.63, 3.8) is 0 Å². The van der Waals surface area contributed by atoms with Crippen molar-refractivity contribution in [2.45, 2.75) is 38.3 Å². The molecule has 4 heteroatoms. The van der Waals surface area contributed by atoms with Crippen LogP contribution in [0.2, 0.25) is 5.02 Å². The maximum absolute atomic E-state index is 12.9. The van der Waals surface area contributed by atoms with Gasteiger partial charge in [0.25, 0.3) is 0 Å². The zero-order valence-corrected chi connectivity index (χ0v) is 13.4. The van der Waals surface area contributed by atoms with E-state index < -0.39 is 0 Å². The lowest BCUT2D eigenvalue weighted by Crippen LogP contribution is -2.46. The molecule has 2 bridgehead atoms. The van der Waals surface area contributed by atoms with E-state index in [1.807, 2.05) is 43.1 Å². The highest BCUT2D eigenvalue weighted by molar-refractivity contribution is 6.30. The topological polar surface area (TPSA) is 46.3 Å². The molecule has 0 aliphatic heterocycles. The lowest BCUT2D eigenvalue weighted by molar-refractivity contribution is -0.138. The molecule has 5 unspecified atom stereocenters. The Bertz CT molecular complexity index is 545. The van der Waals surface area contributed by atoms with Gasteiger partial charge < -0.3 is 10.6 Å². The van der Waals surface area contributed by atoms with Crippen molar-refractivity contribution in [2.75, 3.05) is 7.05 Å². The largest absolute Gasteiger partial charge is 0.339 e. The van der Waals surface area contributed by atoms with Gasteiger partial charge in [0.1, 0.15) is 0 Å². The van der Waals surface area contributed by atoms with Gasteiger partial charge in [-0.2, -0.15) is 0 Å². The second-order valence-corrected chi connectivity index (χ2v) is 7.05. The Hall–Kier alpha value is -1.06. The number of hydrogen-bond acceptors (Lipinski definition) is 2. The molecule has 1 aromatic rings. The van der Waals surface area contributed by atoms with Crippen LogP contribution < -0.4 is 5.73 Å². The Labute approximate surface area is 131 Å². The maximum atomic E-state index is 12.9. The number of nitrogens with two attached hydrogens (primary N) is 1. The summed E-state index contributed by atoms with van der Waals surface area (Å²) >= 11 is 6.05. The van der Waals surface area contributed by atoms with Gasteiger partial charge in [-0.15, -0.1) is 0 Å². The maximum Gasteiger partial charge on any atom is 0.227 e. The van der Waals surface area contributed by atoms with Crippen LogP contribution in [0.1, 0.15) is 37.8 Å². The first-order valence-electron chi connectivity index (χ1n) is 7.76. The van der Waals surface area contributed by atoms with Crippen molar-refractivity contribution < 1.29 is 4.79 Å². The normalized spacial score (nSPS) is 32.2. The first-order chi connectivity index (χ1) is 9.99. The van der Waals surface area contributed by atoms with Gasteiger partial charge in [-0.05, 0) is 55.7 Å². The van der Waals surface area contributed by atoms with E-state index in [0.717, 1.165) is 18.4 Å². The molecule has 2 N–H and O–H groups in total. The molecule has 0 spiro atoms. The van der Waals surface area contributed by atoms with Gasteiger partial charge in [0.05, 0.1) is 12.0 Å². The van der Waals surface area contributed by atoms with Gasteiger partial charge in [0.15, 0.2) is 0 Å². The van der Waals surface area contributed by atoms with Crippen molar-refractivity contribution in [1.82, 2.24) is 4.90 Å². The SMILES string of the molecule is CC(c1cccc(Cl)c1)N(C)C(=O)C1C2CCC(C2)C1N. The summed E-state index contributed by atoms with van der Waals surface area (Å²) in [5.74, 6) is 1.25. The van der Waals surface area contributed by atoms with E-state index in [1.54, 1.807) is 0 Å². The second kappa shape index (κ2) is 5.62. The number of halogens is 1. The van der Waals surface area contributed by atoms with Crippen LogP contribution >= 0.6 is 11.6 Å². The zero-order chi connectivity index (χ0) is 15.1. The number of fused-ring (bicyclic) bond motifs is 2. The summed E-state index contributed by atoms with van der Waals surface area (Å²) in [6.07, 6.45) is 3.49. The third-order valence-electron chi connectivity index (χ3n) is 5.53. The van der Waals surface area contributed by atoms with Gasteiger partial charge in [-0.25, -0.2) is 0 Å². The van der Waals surface area contributed by atoms with Gasteiger partial charge >= 0.3 is 0 Å². The summed E-state index contributed by atoms with van der Waals surface area (Å²) in [6, 6.07) is 7.78. The summed E-state index contributed by atoms with van der Waals surface area (Å²) < 4.78 is 0. The minimum Gasteiger partial charge on any atom is -0.339 e. The first kappa shape index (κ1) is 14.9. The zero-order valence-electron chi connectivity index (χ0n) is 12.6. The molecule has 1 amide bonds. The fourth-order valence-electron chi connectivity index (χ4n) is 4.12. The molecule has 2 fully saturated rings. The average Bonchev–Trinajstić information content (AvgIpc) is 3.06. The Morgan fingerprint density at radius 1 is 1.38 bits per heavy atom. The first-order valence-corrected chi connectivity index (χ1v) is 8.14. The molecule has 0 aromatic heterocycles. The van der Waals surface area contributed by atoms with Crippen LogP contribution in [0.4, 0.5) is 0 Å². The second-order valence-electron chi connectivity index (χ2n) is 6.62. The molecule has 3 nitrogen and oxygen atoms in total. The van der Waals surface area contributed by atoms with E-state index in [9.17, 15) is 4.79 Å². The van der Waals surface area contributed by atoms with Gasteiger partial charge in [-0.1, -0.05) is 23.7 Å². The van der Waals surface area contributed by atoms with Crippen molar-refractivity contribution in [3.8, 4) is 0 Å². The molecule has 0 radical (unpaired) electrons. The van der Waals surface area contributed by atoms with Crippen molar-refractivity contribution in [2.24, 2.45) is 23.5 Å². The number of benzene rings is 1. The Balaban J connectivity index is 1.75. The van der Waals surface area contributed by atoms with Gasteiger partial charge in [0, 0.05) is 18.1 Å². The van der Waals surface area contributed by atoms with Crippen LogP contribution in [0.3, 0.4) is 0 Å². The fraction of sp³-hybridized carbons (Fsp3) is 0.588. The highest BCUT2D eigenvalue weighted by atomic mass is 35.5. The lowest BCUT2D eigenvalue weighted by Gasteiger charge is -2.34.